The highest BCUT2D eigenvalue weighted by molar-refractivity contribution is 14.0. The van der Waals surface area contributed by atoms with Crippen LogP contribution in [0.15, 0.2) is 35.7 Å². The molecule has 2 N–H and O–H groups in total. The lowest BCUT2D eigenvalue weighted by Gasteiger charge is -2.21. The second-order valence-electron chi connectivity index (χ2n) is 5.88. The van der Waals surface area contributed by atoms with Crippen molar-refractivity contribution in [3.63, 3.8) is 0 Å². The fourth-order valence-corrected chi connectivity index (χ4v) is 2.80. The zero-order chi connectivity index (χ0) is 17.8. The summed E-state index contributed by atoms with van der Waals surface area (Å²) in [7, 11) is 5.56. The Balaban J connectivity index is 0.00000243. The van der Waals surface area contributed by atoms with E-state index in [2.05, 4.69) is 25.4 Å². The first-order chi connectivity index (χ1) is 12.1. The maximum Gasteiger partial charge on any atom is 0.193 e. The lowest BCUT2D eigenvalue weighted by Crippen LogP contribution is -2.39. The van der Waals surface area contributed by atoms with Gasteiger partial charge in [-0.15, -0.1) is 24.0 Å². The first kappa shape index (κ1) is 20.1. The molecule has 0 radical (unpaired) electrons. The second-order valence-corrected chi connectivity index (χ2v) is 5.88. The number of hydrogen-bond donors (Lipinski definition) is 2. The molecule has 0 unspecified atom stereocenters. The molecule has 0 saturated carbocycles. The van der Waals surface area contributed by atoms with Crippen LogP contribution in [0.25, 0.3) is 10.9 Å². The summed E-state index contributed by atoms with van der Waals surface area (Å²) in [5.74, 6) is 1.41. The largest absolute Gasteiger partial charge is 0.361 e. The average Bonchev–Trinajstić information content (AvgIpc) is 3.18. The molecule has 0 aliphatic carbocycles. The molecule has 1 aromatic carbocycles. The Bertz CT molecular complexity index is 886. The van der Waals surface area contributed by atoms with E-state index in [0.29, 0.717) is 13.1 Å². The van der Waals surface area contributed by atoms with E-state index in [1.807, 2.05) is 25.2 Å². The lowest BCUT2D eigenvalue weighted by atomic mass is 10.1. The van der Waals surface area contributed by atoms with Crippen molar-refractivity contribution in [1.29, 1.82) is 0 Å². The van der Waals surface area contributed by atoms with E-state index >= 15 is 0 Å². The van der Waals surface area contributed by atoms with Gasteiger partial charge in [-0.25, -0.2) is 9.37 Å². The van der Waals surface area contributed by atoms with E-state index in [1.165, 1.54) is 12.4 Å². The number of H-pyrrole nitrogens is 1. The van der Waals surface area contributed by atoms with Gasteiger partial charge in [-0.05, 0) is 30.2 Å². The van der Waals surface area contributed by atoms with E-state index in [9.17, 15) is 4.39 Å². The van der Waals surface area contributed by atoms with Crippen molar-refractivity contribution in [1.82, 2.24) is 30.0 Å². The Hall–Kier alpha value is -2.17. The minimum Gasteiger partial charge on any atom is -0.361 e. The van der Waals surface area contributed by atoms with Crippen LogP contribution in [0.4, 0.5) is 4.39 Å². The number of aliphatic imine (C=N–C) groups is 1. The predicted octanol–water partition coefficient (Wildman–Crippen LogP) is 2.30. The molecule has 0 aliphatic heterocycles. The van der Waals surface area contributed by atoms with Crippen LogP contribution in [0.1, 0.15) is 11.4 Å². The van der Waals surface area contributed by atoms with Crippen LogP contribution in [0.2, 0.25) is 0 Å². The van der Waals surface area contributed by atoms with E-state index in [-0.39, 0.29) is 29.8 Å². The van der Waals surface area contributed by atoms with Crippen molar-refractivity contribution in [2.45, 2.75) is 13.0 Å². The molecule has 3 aromatic rings. The number of nitrogens with one attached hydrogen (secondary N) is 2. The standard InChI is InChI=1S/C17H22FN7.HI/c1-19-17(24(2)10-16-22-11-23-25(16)3)20-7-6-12-9-21-15-5-4-13(18)8-14(12)15;/h4-5,8-9,11,21H,6-7,10H2,1-3H3,(H,19,20);1H. The summed E-state index contributed by atoms with van der Waals surface area (Å²) >= 11 is 0. The summed E-state index contributed by atoms with van der Waals surface area (Å²) in [6, 6.07) is 4.79. The van der Waals surface area contributed by atoms with Crippen molar-refractivity contribution in [2.24, 2.45) is 12.0 Å². The number of aromatic nitrogens is 4. The number of benzene rings is 1. The molecule has 7 nitrogen and oxygen atoms in total. The minimum absolute atomic E-state index is 0. The van der Waals surface area contributed by atoms with Gasteiger partial charge < -0.3 is 15.2 Å². The van der Waals surface area contributed by atoms with Gasteiger partial charge in [-0.1, -0.05) is 0 Å². The Morgan fingerprint density at radius 2 is 2.23 bits per heavy atom. The smallest absolute Gasteiger partial charge is 0.193 e. The van der Waals surface area contributed by atoms with Crippen molar-refractivity contribution in [2.75, 3.05) is 20.6 Å². The average molecular weight is 471 g/mol. The van der Waals surface area contributed by atoms with Crippen LogP contribution < -0.4 is 5.32 Å². The zero-order valence-corrected chi connectivity index (χ0v) is 17.4. The summed E-state index contributed by atoms with van der Waals surface area (Å²) in [6.45, 7) is 1.30. The fraction of sp³-hybridized carbons (Fsp3) is 0.353. The van der Waals surface area contributed by atoms with Gasteiger partial charge >= 0.3 is 0 Å². The van der Waals surface area contributed by atoms with Crippen LogP contribution in [0.3, 0.4) is 0 Å². The van der Waals surface area contributed by atoms with Gasteiger partial charge in [-0.2, -0.15) is 5.10 Å². The Morgan fingerprint density at radius 1 is 1.42 bits per heavy atom. The van der Waals surface area contributed by atoms with Crippen molar-refractivity contribution in [3.05, 3.63) is 47.9 Å². The third kappa shape index (κ3) is 4.51. The normalized spacial score (nSPS) is 11.5. The van der Waals surface area contributed by atoms with Crippen LogP contribution in [0.5, 0.6) is 0 Å². The van der Waals surface area contributed by atoms with Gasteiger partial charge in [0, 0.05) is 44.8 Å². The lowest BCUT2D eigenvalue weighted by molar-refractivity contribution is 0.449. The number of halogens is 2. The zero-order valence-electron chi connectivity index (χ0n) is 15.0. The van der Waals surface area contributed by atoms with Gasteiger partial charge in [-0.3, -0.25) is 9.67 Å². The molecule has 0 amide bonds. The van der Waals surface area contributed by atoms with E-state index in [0.717, 1.165) is 34.7 Å². The third-order valence-corrected chi connectivity index (χ3v) is 4.16. The first-order valence-electron chi connectivity index (χ1n) is 8.08. The highest BCUT2D eigenvalue weighted by Crippen LogP contribution is 2.19. The molecular weight excluding hydrogens is 448 g/mol. The van der Waals surface area contributed by atoms with Gasteiger partial charge in [0.05, 0.1) is 6.54 Å². The Labute approximate surface area is 168 Å². The number of aromatic amines is 1. The van der Waals surface area contributed by atoms with E-state index in [4.69, 9.17) is 0 Å². The summed E-state index contributed by atoms with van der Waals surface area (Å²) in [6.07, 6.45) is 4.23. The Morgan fingerprint density at radius 3 is 2.92 bits per heavy atom. The van der Waals surface area contributed by atoms with Crippen LogP contribution in [-0.4, -0.2) is 51.2 Å². The summed E-state index contributed by atoms with van der Waals surface area (Å²) in [5, 5.41) is 8.32. The predicted molar refractivity (Wildman–Crippen MR) is 111 cm³/mol. The number of rotatable bonds is 5. The van der Waals surface area contributed by atoms with E-state index in [1.54, 1.807) is 23.9 Å². The molecule has 3 rings (SSSR count). The monoisotopic (exact) mass is 471 g/mol. The molecule has 0 bridgehead atoms. The topological polar surface area (TPSA) is 74.1 Å². The summed E-state index contributed by atoms with van der Waals surface area (Å²) in [4.78, 5) is 13.7. The molecule has 0 spiro atoms. The van der Waals surface area contributed by atoms with Crippen LogP contribution in [-0.2, 0) is 20.0 Å². The fourth-order valence-electron chi connectivity index (χ4n) is 2.80. The highest BCUT2D eigenvalue weighted by Gasteiger charge is 2.10. The highest BCUT2D eigenvalue weighted by atomic mass is 127. The third-order valence-electron chi connectivity index (χ3n) is 4.16. The maximum atomic E-state index is 13.4. The van der Waals surface area contributed by atoms with Crippen molar-refractivity contribution in [3.8, 4) is 0 Å². The van der Waals surface area contributed by atoms with Gasteiger partial charge in [0.25, 0.3) is 0 Å². The molecule has 140 valence electrons. The molecule has 0 saturated heterocycles. The van der Waals surface area contributed by atoms with Gasteiger partial charge in [0.1, 0.15) is 18.0 Å². The van der Waals surface area contributed by atoms with Gasteiger partial charge in [0.15, 0.2) is 5.96 Å². The number of fused-ring (bicyclic) bond motifs is 1. The SMILES string of the molecule is CN=C(NCCc1c[nH]c2ccc(F)cc12)N(C)Cc1ncnn1C.I. The number of aryl methyl sites for hydroxylation is 1. The molecule has 26 heavy (non-hydrogen) atoms. The van der Waals surface area contributed by atoms with Crippen LogP contribution in [0, 0.1) is 5.82 Å². The second kappa shape index (κ2) is 8.97. The quantitative estimate of drug-likeness (QED) is 0.341. The van der Waals surface area contributed by atoms with Gasteiger partial charge in [0.2, 0.25) is 0 Å². The molecule has 0 aliphatic rings. The number of nitrogens with zero attached hydrogens (tertiary/aromatic N) is 5. The molecule has 2 aromatic heterocycles. The molecule has 9 heteroatoms. The summed E-state index contributed by atoms with van der Waals surface area (Å²) in [5.41, 5.74) is 2.02. The molecular formula is C17H23FIN7. The first-order valence-corrected chi connectivity index (χ1v) is 8.08. The van der Waals surface area contributed by atoms with Crippen molar-refractivity contribution < 1.29 is 4.39 Å². The molecule has 0 atom stereocenters. The Kier molecular flexibility index (Phi) is 6.95. The maximum absolute atomic E-state index is 13.4. The number of hydrogen-bond acceptors (Lipinski definition) is 3. The number of guanidine groups is 1. The van der Waals surface area contributed by atoms with Crippen LogP contribution >= 0.6 is 24.0 Å². The molecule has 2 heterocycles. The molecule has 0 fully saturated rings. The van der Waals surface area contributed by atoms with E-state index < -0.39 is 0 Å². The minimum atomic E-state index is -0.222. The van der Waals surface area contributed by atoms with Crippen molar-refractivity contribution >= 4 is 40.8 Å². The summed E-state index contributed by atoms with van der Waals surface area (Å²) < 4.78 is 15.2.